The Balaban J connectivity index is 1.30. The number of hydrogen-bond acceptors (Lipinski definition) is 4. The standard InChI is InChI=1S/C20H28N4O2/c1-15-14-23(18-2-3-18)12-13-24(15)20(26)17-6-10-22(11-7-17)19(25)16-4-8-21-9-5-16/h4-5,8-9,15,17-18H,2-3,6-7,10-14H2,1H3. The first-order valence-electron chi connectivity index (χ1n) is 9.87. The molecule has 0 spiro atoms. The van der Waals surface area contributed by atoms with Gasteiger partial charge < -0.3 is 9.80 Å². The van der Waals surface area contributed by atoms with Gasteiger partial charge in [-0.25, -0.2) is 0 Å². The SMILES string of the molecule is CC1CN(C2CC2)CCN1C(=O)C1CCN(C(=O)c2ccncc2)CC1. The van der Waals surface area contributed by atoms with Gasteiger partial charge in [-0.1, -0.05) is 0 Å². The van der Waals surface area contributed by atoms with Crippen molar-refractivity contribution >= 4 is 11.8 Å². The minimum Gasteiger partial charge on any atom is -0.339 e. The number of hydrogen-bond donors (Lipinski definition) is 0. The van der Waals surface area contributed by atoms with Gasteiger partial charge in [-0.3, -0.25) is 19.5 Å². The Morgan fingerprint density at radius 3 is 2.31 bits per heavy atom. The summed E-state index contributed by atoms with van der Waals surface area (Å²) in [7, 11) is 0. The van der Waals surface area contributed by atoms with Crippen LogP contribution in [0.3, 0.4) is 0 Å². The van der Waals surface area contributed by atoms with E-state index in [-0.39, 0.29) is 11.8 Å². The van der Waals surface area contributed by atoms with Crippen molar-refractivity contribution in [2.24, 2.45) is 5.92 Å². The number of aromatic nitrogens is 1. The van der Waals surface area contributed by atoms with Gasteiger partial charge in [-0.15, -0.1) is 0 Å². The highest BCUT2D eigenvalue weighted by Crippen LogP contribution is 2.30. The summed E-state index contributed by atoms with van der Waals surface area (Å²) in [6.45, 7) is 6.37. The minimum absolute atomic E-state index is 0.0460. The Kier molecular flexibility index (Phi) is 4.94. The normalized spacial score (nSPS) is 25.3. The predicted octanol–water partition coefficient (Wildman–Crippen LogP) is 1.63. The Labute approximate surface area is 155 Å². The fourth-order valence-electron chi connectivity index (χ4n) is 4.33. The third-order valence-electron chi connectivity index (χ3n) is 6.06. The molecule has 1 aliphatic carbocycles. The summed E-state index contributed by atoms with van der Waals surface area (Å²) in [6, 6.07) is 4.58. The molecule has 3 fully saturated rings. The van der Waals surface area contributed by atoms with Crippen molar-refractivity contribution in [1.29, 1.82) is 0 Å². The third-order valence-corrected chi connectivity index (χ3v) is 6.06. The van der Waals surface area contributed by atoms with Crippen LogP contribution in [0.25, 0.3) is 0 Å². The minimum atomic E-state index is 0.0460. The quantitative estimate of drug-likeness (QED) is 0.826. The van der Waals surface area contributed by atoms with Crippen LogP contribution < -0.4 is 0 Å². The molecular weight excluding hydrogens is 328 g/mol. The summed E-state index contributed by atoms with van der Waals surface area (Å²) in [5.41, 5.74) is 0.676. The largest absolute Gasteiger partial charge is 0.339 e. The van der Waals surface area contributed by atoms with E-state index in [4.69, 9.17) is 0 Å². The summed E-state index contributed by atoms with van der Waals surface area (Å²) in [5.74, 6) is 0.403. The van der Waals surface area contributed by atoms with Gasteiger partial charge in [-0.05, 0) is 44.7 Å². The predicted molar refractivity (Wildman–Crippen MR) is 98.6 cm³/mol. The average molecular weight is 356 g/mol. The molecule has 2 saturated heterocycles. The number of rotatable bonds is 3. The number of piperidine rings is 1. The first kappa shape index (κ1) is 17.5. The number of amides is 2. The zero-order chi connectivity index (χ0) is 18.1. The average Bonchev–Trinajstić information content (AvgIpc) is 3.53. The maximum atomic E-state index is 13.0. The Hall–Kier alpha value is -1.95. The summed E-state index contributed by atoms with van der Waals surface area (Å²) in [6.07, 6.45) is 7.48. The van der Waals surface area contributed by atoms with Crippen LogP contribution in [0.2, 0.25) is 0 Å². The van der Waals surface area contributed by atoms with Gasteiger partial charge in [0.1, 0.15) is 0 Å². The van der Waals surface area contributed by atoms with Gasteiger partial charge in [0.25, 0.3) is 5.91 Å². The molecule has 0 aromatic carbocycles. The van der Waals surface area contributed by atoms with Crippen molar-refractivity contribution in [1.82, 2.24) is 19.7 Å². The van der Waals surface area contributed by atoms with E-state index in [1.54, 1.807) is 24.5 Å². The molecule has 0 N–H and O–H groups in total. The molecule has 3 aliphatic rings. The molecule has 1 aromatic rings. The van der Waals surface area contributed by atoms with Crippen LogP contribution in [0.15, 0.2) is 24.5 Å². The van der Waals surface area contributed by atoms with E-state index in [0.717, 1.165) is 38.5 Å². The molecule has 2 aliphatic heterocycles. The monoisotopic (exact) mass is 356 g/mol. The second-order valence-electron chi connectivity index (χ2n) is 7.91. The molecule has 1 saturated carbocycles. The molecule has 1 aromatic heterocycles. The first-order valence-corrected chi connectivity index (χ1v) is 9.87. The van der Waals surface area contributed by atoms with Crippen molar-refractivity contribution in [3.8, 4) is 0 Å². The Bertz CT molecular complexity index is 653. The lowest BCUT2D eigenvalue weighted by atomic mass is 9.93. The summed E-state index contributed by atoms with van der Waals surface area (Å²) in [4.78, 5) is 36.0. The Morgan fingerprint density at radius 1 is 1.00 bits per heavy atom. The summed E-state index contributed by atoms with van der Waals surface area (Å²) in [5, 5.41) is 0. The van der Waals surface area contributed by atoms with Gasteiger partial charge in [0.2, 0.25) is 5.91 Å². The second kappa shape index (κ2) is 7.35. The van der Waals surface area contributed by atoms with Gasteiger partial charge in [-0.2, -0.15) is 0 Å². The van der Waals surface area contributed by atoms with Gasteiger partial charge in [0.15, 0.2) is 0 Å². The maximum absolute atomic E-state index is 13.0. The lowest BCUT2D eigenvalue weighted by molar-refractivity contribution is -0.141. The van der Waals surface area contributed by atoms with Gasteiger partial charge >= 0.3 is 0 Å². The topological polar surface area (TPSA) is 56.8 Å². The summed E-state index contributed by atoms with van der Waals surface area (Å²) >= 11 is 0. The van der Waals surface area contributed by atoms with Crippen molar-refractivity contribution in [3.05, 3.63) is 30.1 Å². The van der Waals surface area contributed by atoms with Gasteiger partial charge in [0.05, 0.1) is 0 Å². The lowest BCUT2D eigenvalue weighted by Gasteiger charge is -2.42. The van der Waals surface area contributed by atoms with Crippen molar-refractivity contribution in [2.45, 2.75) is 44.7 Å². The lowest BCUT2D eigenvalue weighted by Crippen LogP contribution is -2.56. The number of piperazine rings is 1. The molecular formula is C20H28N4O2. The van der Waals surface area contributed by atoms with Crippen LogP contribution in [-0.4, -0.2) is 76.3 Å². The molecule has 4 rings (SSSR count). The fraction of sp³-hybridized carbons (Fsp3) is 0.650. The zero-order valence-corrected chi connectivity index (χ0v) is 15.5. The molecule has 140 valence electrons. The smallest absolute Gasteiger partial charge is 0.253 e. The molecule has 1 unspecified atom stereocenters. The number of carbonyl (C=O) groups excluding carboxylic acids is 2. The van der Waals surface area contributed by atoms with E-state index in [0.29, 0.717) is 30.6 Å². The number of likely N-dealkylation sites (tertiary alicyclic amines) is 1. The van der Waals surface area contributed by atoms with Crippen LogP contribution >= 0.6 is 0 Å². The Morgan fingerprint density at radius 2 is 1.69 bits per heavy atom. The molecule has 0 bridgehead atoms. The van der Waals surface area contributed by atoms with Crippen molar-refractivity contribution in [2.75, 3.05) is 32.7 Å². The highest BCUT2D eigenvalue weighted by molar-refractivity contribution is 5.94. The maximum Gasteiger partial charge on any atom is 0.253 e. The van der Waals surface area contributed by atoms with E-state index in [2.05, 4.69) is 21.7 Å². The number of carbonyl (C=O) groups is 2. The fourth-order valence-corrected chi connectivity index (χ4v) is 4.33. The van der Waals surface area contributed by atoms with Crippen LogP contribution in [0.5, 0.6) is 0 Å². The van der Waals surface area contributed by atoms with Crippen LogP contribution in [-0.2, 0) is 4.79 Å². The highest BCUT2D eigenvalue weighted by atomic mass is 16.2. The van der Waals surface area contributed by atoms with E-state index < -0.39 is 0 Å². The molecule has 1 atom stereocenters. The van der Waals surface area contributed by atoms with Gasteiger partial charge in [0, 0.05) is 68.7 Å². The second-order valence-corrected chi connectivity index (χ2v) is 7.91. The van der Waals surface area contributed by atoms with E-state index in [1.807, 2.05) is 4.90 Å². The summed E-state index contributed by atoms with van der Waals surface area (Å²) < 4.78 is 0. The highest BCUT2D eigenvalue weighted by Gasteiger charge is 2.38. The molecule has 6 heteroatoms. The molecule has 0 radical (unpaired) electrons. The van der Waals surface area contributed by atoms with E-state index >= 15 is 0 Å². The van der Waals surface area contributed by atoms with E-state index in [1.165, 1.54) is 12.8 Å². The van der Waals surface area contributed by atoms with Crippen LogP contribution in [0.1, 0.15) is 43.0 Å². The number of pyridine rings is 1. The molecule has 26 heavy (non-hydrogen) atoms. The van der Waals surface area contributed by atoms with E-state index in [9.17, 15) is 9.59 Å². The third kappa shape index (κ3) is 3.61. The molecule has 2 amide bonds. The van der Waals surface area contributed by atoms with Crippen LogP contribution in [0, 0.1) is 5.92 Å². The number of nitrogens with zero attached hydrogens (tertiary/aromatic N) is 4. The molecule has 3 heterocycles. The first-order chi connectivity index (χ1) is 12.6. The molecule has 6 nitrogen and oxygen atoms in total. The van der Waals surface area contributed by atoms with Crippen LogP contribution in [0.4, 0.5) is 0 Å². The van der Waals surface area contributed by atoms with Crippen molar-refractivity contribution < 1.29 is 9.59 Å². The zero-order valence-electron chi connectivity index (χ0n) is 15.5. The van der Waals surface area contributed by atoms with Crippen molar-refractivity contribution in [3.63, 3.8) is 0 Å².